The van der Waals surface area contributed by atoms with Crippen LogP contribution in [-0.4, -0.2) is 23.1 Å². The van der Waals surface area contributed by atoms with Gasteiger partial charge in [-0.3, -0.25) is 10.1 Å². The van der Waals surface area contributed by atoms with E-state index >= 15 is 0 Å². The molecule has 0 unspecified atom stereocenters. The van der Waals surface area contributed by atoms with Crippen LogP contribution in [0.3, 0.4) is 0 Å². The van der Waals surface area contributed by atoms with Gasteiger partial charge in [-0.05, 0) is 58.0 Å². The fourth-order valence-electron chi connectivity index (χ4n) is 3.09. The van der Waals surface area contributed by atoms with Gasteiger partial charge in [-0.15, -0.1) is 11.3 Å². The van der Waals surface area contributed by atoms with Gasteiger partial charge < -0.3 is 10.1 Å². The highest BCUT2D eigenvalue weighted by Gasteiger charge is 2.17. The minimum atomic E-state index is -0.354. The highest BCUT2D eigenvalue weighted by atomic mass is 79.9. The van der Waals surface area contributed by atoms with Crippen molar-refractivity contribution in [3.8, 4) is 16.3 Å². The number of amides is 1. The zero-order valence-corrected chi connectivity index (χ0v) is 21.6. The number of aromatic nitrogens is 1. The summed E-state index contributed by atoms with van der Waals surface area (Å²) in [6.45, 7) is 0.485. The Labute approximate surface area is 211 Å². The number of fused-ring (bicyclic) bond motifs is 1. The maximum Gasteiger partial charge on any atom is 0.261 e. The maximum absolute atomic E-state index is 12.7. The lowest BCUT2D eigenvalue weighted by Crippen LogP contribution is -2.39. The van der Waals surface area contributed by atoms with Crippen molar-refractivity contribution in [2.24, 2.45) is 0 Å². The average molecular weight is 591 g/mol. The summed E-state index contributed by atoms with van der Waals surface area (Å²) in [6, 6.07) is 19.7. The van der Waals surface area contributed by atoms with Crippen LogP contribution >= 0.6 is 55.4 Å². The molecule has 0 radical (unpaired) electrons. The van der Waals surface area contributed by atoms with E-state index in [1.165, 1.54) is 11.8 Å². The average Bonchev–Trinajstić information content (AvgIpc) is 3.22. The van der Waals surface area contributed by atoms with Gasteiger partial charge in [0, 0.05) is 16.6 Å². The number of benzene rings is 3. The number of carbonyl (C=O) groups excluding carboxylic acids is 1. The molecule has 162 valence electrons. The Hall–Kier alpha value is -2.33. The van der Waals surface area contributed by atoms with Crippen molar-refractivity contribution >= 4 is 76.7 Å². The summed E-state index contributed by atoms with van der Waals surface area (Å²) in [7, 11) is 1.51. The number of halogens is 2. The Morgan fingerprint density at radius 3 is 2.59 bits per heavy atom. The van der Waals surface area contributed by atoms with Gasteiger partial charge in [-0.1, -0.05) is 52.3 Å². The molecule has 0 spiro atoms. The maximum atomic E-state index is 12.7. The molecule has 0 saturated carbocycles. The van der Waals surface area contributed by atoms with Crippen LogP contribution < -0.4 is 15.4 Å². The van der Waals surface area contributed by atoms with Gasteiger partial charge in [-0.25, -0.2) is 4.98 Å². The second-order valence-electron chi connectivity index (χ2n) is 6.79. The molecule has 0 bridgehead atoms. The number of rotatable bonds is 5. The summed E-state index contributed by atoms with van der Waals surface area (Å²) in [5.41, 5.74) is 3.49. The van der Waals surface area contributed by atoms with Crippen molar-refractivity contribution in [2.45, 2.75) is 6.54 Å². The molecule has 1 amide bonds. The van der Waals surface area contributed by atoms with Gasteiger partial charge in [0.05, 0.1) is 27.4 Å². The number of para-hydroxylation sites is 1. The summed E-state index contributed by atoms with van der Waals surface area (Å²) >= 11 is 13.8. The van der Waals surface area contributed by atoms with Crippen molar-refractivity contribution in [1.82, 2.24) is 15.6 Å². The third-order valence-corrected chi connectivity index (χ3v) is 7.01. The molecule has 32 heavy (non-hydrogen) atoms. The molecule has 1 heterocycles. The molecular weight excluding hydrogens is 574 g/mol. The molecule has 0 fully saturated rings. The van der Waals surface area contributed by atoms with Crippen molar-refractivity contribution in [3.05, 3.63) is 80.7 Å². The first kappa shape index (κ1) is 22.8. The van der Waals surface area contributed by atoms with Gasteiger partial charge in [-0.2, -0.15) is 0 Å². The summed E-state index contributed by atoms with van der Waals surface area (Å²) in [5.74, 6) is 0.0893. The van der Waals surface area contributed by atoms with Crippen LogP contribution in [0.1, 0.15) is 15.9 Å². The Morgan fingerprint density at radius 2 is 1.88 bits per heavy atom. The smallest absolute Gasteiger partial charge is 0.261 e. The molecule has 0 aliphatic rings. The zero-order valence-electron chi connectivity index (χ0n) is 16.8. The topological polar surface area (TPSA) is 63.2 Å². The van der Waals surface area contributed by atoms with E-state index in [2.05, 4.69) is 48.6 Å². The number of carbonyl (C=O) groups is 1. The minimum absolute atomic E-state index is 0.239. The van der Waals surface area contributed by atoms with Crippen LogP contribution in [0.15, 0.2) is 69.6 Å². The molecule has 0 aliphatic heterocycles. The van der Waals surface area contributed by atoms with Crippen LogP contribution in [0.4, 0.5) is 0 Å². The molecule has 5 nitrogen and oxygen atoms in total. The third kappa shape index (κ3) is 5.17. The van der Waals surface area contributed by atoms with E-state index in [1.54, 1.807) is 17.4 Å². The molecule has 9 heteroatoms. The van der Waals surface area contributed by atoms with Crippen LogP contribution in [0.5, 0.6) is 5.75 Å². The highest BCUT2D eigenvalue weighted by molar-refractivity contribution is 9.11. The minimum Gasteiger partial charge on any atom is -0.495 e. The normalized spacial score (nSPS) is 10.7. The quantitative estimate of drug-likeness (QED) is 0.267. The first-order valence-electron chi connectivity index (χ1n) is 9.51. The predicted molar refractivity (Wildman–Crippen MR) is 140 cm³/mol. The van der Waals surface area contributed by atoms with Gasteiger partial charge in [0.15, 0.2) is 5.11 Å². The molecule has 2 N–H and O–H groups in total. The molecule has 0 atom stereocenters. The summed E-state index contributed by atoms with van der Waals surface area (Å²) in [6.07, 6.45) is 0. The molecule has 4 aromatic rings. The van der Waals surface area contributed by atoms with Gasteiger partial charge >= 0.3 is 0 Å². The summed E-state index contributed by atoms with van der Waals surface area (Å²) < 4.78 is 7.93. The van der Waals surface area contributed by atoms with Crippen molar-refractivity contribution in [1.29, 1.82) is 0 Å². The Balaban J connectivity index is 1.37. The molecule has 1 aromatic heterocycles. The van der Waals surface area contributed by atoms with Crippen LogP contribution in [-0.2, 0) is 6.54 Å². The summed E-state index contributed by atoms with van der Waals surface area (Å²) in [4.78, 5) is 17.4. The molecular formula is C23H17Br2N3O2S2. The lowest BCUT2D eigenvalue weighted by Gasteiger charge is -2.13. The largest absolute Gasteiger partial charge is 0.495 e. The Bertz CT molecular complexity index is 1270. The monoisotopic (exact) mass is 589 g/mol. The van der Waals surface area contributed by atoms with E-state index in [9.17, 15) is 4.79 Å². The van der Waals surface area contributed by atoms with Crippen molar-refractivity contribution < 1.29 is 9.53 Å². The number of methoxy groups -OCH3 is 1. The fourth-order valence-corrected chi connectivity index (χ4v) is 5.62. The molecule has 0 saturated heterocycles. The van der Waals surface area contributed by atoms with Gasteiger partial charge in [0.1, 0.15) is 10.8 Å². The van der Waals surface area contributed by atoms with Crippen LogP contribution in [0.25, 0.3) is 20.8 Å². The van der Waals surface area contributed by atoms with Crippen LogP contribution in [0, 0.1) is 0 Å². The van der Waals surface area contributed by atoms with Crippen molar-refractivity contribution in [2.75, 3.05) is 7.11 Å². The third-order valence-electron chi connectivity index (χ3n) is 4.63. The lowest BCUT2D eigenvalue weighted by atomic mass is 10.1. The number of thiazole rings is 1. The van der Waals surface area contributed by atoms with E-state index in [-0.39, 0.29) is 11.0 Å². The Morgan fingerprint density at radius 1 is 1.12 bits per heavy atom. The number of nitrogens with one attached hydrogen (secondary N) is 2. The number of hydrogen-bond acceptors (Lipinski definition) is 5. The Kier molecular flexibility index (Phi) is 7.20. The van der Waals surface area contributed by atoms with E-state index < -0.39 is 0 Å². The fraction of sp³-hybridized carbons (Fsp3) is 0.0870. The first-order valence-corrected chi connectivity index (χ1v) is 12.3. The zero-order chi connectivity index (χ0) is 22.7. The number of nitrogens with zero attached hydrogens (tertiary/aromatic N) is 1. The van der Waals surface area contributed by atoms with E-state index in [1.807, 2.05) is 48.5 Å². The summed E-state index contributed by atoms with van der Waals surface area (Å²) in [5, 5.41) is 7.00. The standard InChI is InChI=1S/C23H17Br2N3O2S2/c1-30-20-16(10-15(24)11-17(20)25)21(29)28-23(31)26-12-13-6-8-14(9-7-13)22-27-18-4-2-3-5-19(18)32-22/h2-11H,12H2,1H3,(H2,26,28,29,31). The first-order chi connectivity index (χ1) is 15.4. The second kappa shape index (κ2) is 10.1. The van der Waals surface area contributed by atoms with Gasteiger partial charge in [0.2, 0.25) is 0 Å². The number of thiocarbonyl (C=S) groups is 1. The van der Waals surface area contributed by atoms with E-state index in [0.29, 0.717) is 22.3 Å². The number of ether oxygens (including phenoxy) is 1. The van der Waals surface area contributed by atoms with Crippen molar-refractivity contribution in [3.63, 3.8) is 0 Å². The predicted octanol–water partition coefficient (Wildman–Crippen LogP) is 6.30. The van der Waals surface area contributed by atoms with Gasteiger partial charge in [0.25, 0.3) is 5.91 Å². The molecule has 4 rings (SSSR count). The highest BCUT2D eigenvalue weighted by Crippen LogP contribution is 2.33. The SMILES string of the molecule is COc1c(Br)cc(Br)cc1C(=O)NC(=S)NCc1ccc(-c2nc3ccccc3s2)cc1. The van der Waals surface area contributed by atoms with Crippen LogP contribution in [0.2, 0.25) is 0 Å². The van der Waals surface area contributed by atoms with E-state index in [4.69, 9.17) is 21.9 Å². The molecule has 0 aliphatic carbocycles. The number of hydrogen-bond donors (Lipinski definition) is 2. The van der Waals surface area contributed by atoms with E-state index in [0.717, 1.165) is 26.1 Å². The second-order valence-corrected chi connectivity index (χ2v) is 10.00. The lowest BCUT2D eigenvalue weighted by molar-refractivity contribution is 0.0973. The molecule has 3 aromatic carbocycles.